The van der Waals surface area contributed by atoms with E-state index in [0.717, 1.165) is 17.4 Å². The van der Waals surface area contributed by atoms with Crippen LogP contribution in [0.25, 0.3) is 0 Å². The van der Waals surface area contributed by atoms with Crippen LogP contribution in [0.4, 0.5) is 5.82 Å². The van der Waals surface area contributed by atoms with E-state index < -0.39 is 0 Å². The Kier molecular flexibility index (Phi) is 6.20. The van der Waals surface area contributed by atoms with Crippen LogP contribution in [0.15, 0.2) is 15.7 Å². The fourth-order valence-corrected chi connectivity index (χ4v) is 5.26. The number of carbonyl (C=O) groups excluding carboxylic acids is 2. The summed E-state index contributed by atoms with van der Waals surface area (Å²) in [7, 11) is 3.12. The van der Waals surface area contributed by atoms with Crippen molar-refractivity contribution in [3.63, 3.8) is 0 Å². The molecule has 0 radical (unpaired) electrons. The number of rotatable bonds is 3. The highest BCUT2D eigenvalue weighted by Crippen LogP contribution is 2.29. The van der Waals surface area contributed by atoms with Crippen LogP contribution in [-0.2, 0) is 23.7 Å². The molecule has 1 aromatic rings. The number of anilines is 1. The SMILES string of the molecule is Cn1c(N2CCN(C(=O)C3CC(=O)N(C4CCCCCC4)C3)CC2)cc(=O)n(C)c1=O. The van der Waals surface area contributed by atoms with Gasteiger partial charge in [-0.1, -0.05) is 25.7 Å². The highest BCUT2D eigenvalue weighted by Gasteiger charge is 2.40. The summed E-state index contributed by atoms with van der Waals surface area (Å²) in [4.78, 5) is 55.8. The molecule has 1 aromatic heterocycles. The van der Waals surface area contributed by atoms with Crippen molar-refractivity contribution >= 4 is 17.6 Å². The maximum Gasteiger partial charge on any atom is 0.332 e. The summed E-state index contributed by atoms with van der Waals surface area (Å²) in [6, 6.07) is 1.77. The average molecular weight is 432 g/mol. The van der Waals surface area contributed by atoms with Crippen LogP contribution in [0.2, 0.25) is 0 Å². The summed E-state index contributed by atoms with van der Waals surface area (Å²) in [6.07, 6.45) is 7.24. The fourth-order valence-electron chi connectivity index (χ4n) is 5.26. The van der Waals surface area contributed by atoms with Crippen LogP contribution < -0.4 is 16.1 Å². The Labute approximate surface area is 182 Å². The molecule has 4 rings (SSSR count). The summed E-state index contributed by atoms with van der Waals surface area (Å²) < 4.78 is 2.56. The smallest absolute Gasteiger partial charge is 0.332 e. The quantitative estimate of drug-likeness (QED) is 0.643. The van der Waals surface area contributed by atoms with Gasteiger partial charge in [-0.25, -0.2) is 4.79 Å². The van der Waals surface area contributed by atoms with E-state index in [4.69, 9.17) is 0 Å². The van der Waals surface area contributed by atoms with Gasteiger partial charge in [0.2, 0.25) is 11.8 Å². The maximum absolute atomic E-state index is 13.1. The van der Waals surface area contributed by atoms with Crippen molar-refractivity contribution in [3.8, 4) is 0 Å². The molecule has 0 bridgehead atoms. The standard InChI is InChI=1S/C22H33N5O4/c1-23-18(14-19(28)24(2)22(23)31)25-9-11-26(12-10-25)21(30)16-13-20(29)27(15-16)17-7-5-3-4-6-8-17/h14,16-17H,3-13,15H2,1-2H3. The first-order valence-corrected chi connectivity index (χ1v) is 11.5. The summed E-state index contributed by atoms with van der Waals surface area (Å²) in [5.41, 5.74) is -0.691. The lowest BCUT2D eigenvalue weighted by atomic mass is 10.1. The van der Waals surface area contributed by atoms with Gasteiger partial charge in [0.15, 0.2) is 0 Å². The Morgan fingerprint density at radius 2 is 1.55 bits per heavy atom. The van der Waals surface area contributed by atoms with Crippen molar-refractivity contribution in [2.45, 2.75) is 51.0 Å². The maximum atomic E-state index is 13.1. The lowest BCUT2D eigenvalue weighted by Gasteiger charge is -2.37. The molecule has 3 aliphatic rings. The molecule has 3 fully saturated rings. The first-order chi connectivity index (χ1) is 14.9. The van der Waals surface area contributed by atoms with Crippen LogP contribution in [0, 0.1) is 5.92 Å². The molecule has 0 N–H and O–H groups in total. The third-order valence-electron chi connectivity index (χ3n) is 7.19. The third kappa shape index (κ3) is 4.27. The van der Waals surface area contributed by atoms with Gasteiger partial charge in [-0.15, -0.1) is 0 Å². The molecule has 2 saturated heterocycles. The van der Waals surface area contributed by atoms with Crippen LogP contribution in [0.1, 0.15) is 44.9 Å². The summed E-state index contributed by atoms with van der Waals surface area (Å²) >= 11 is 0. The second-order valence-corrected chi connectivity index (χ2v) is 9.15. The molecule has 9 heteroatoms. The average Bonchev–Trinajstić information content (AvgIpc) is 2.98. The van der Waals surface area contributed by atoms with E-state index in [9.17, 15) is 19.2 Å². The molecule has 9 nitrogen and oxygen atoms in total. The molecular formula is C22H33N5O4. The Hall–Kier alpha value is -2.58. The zero-order valence-corrected chi connectivity index (χ0v) is 18.6. The van der Waals surface area contributed by atoms with Gasteiger partial charge in [0.1, 0.15) is 5.82 Å². The summed E-state index contributed by atoms with van der Waals surface area (Å²) in [5, 5.41) is 0. The Balaban J connectivity index is 1.37. The molecule has 31 heavy (non-hydrogen) atoms. The Morgan fingerprint density at radius 1 is 0.903 bits per heavy atom. The van der Waals surface area contributed by atoms with Crippen LogP contribution in [0.3, 0.4) is 0 Å². The summed E-state index contributed by atoms with van der Waals surface area (Å²) in [6.45, 7) is 2.71. The first-order valence-electron chi connectivity index (χ1n) is 11.5. The van der Waals surface area contributed by atoms with Gasteiger partial charge in [0.25, 0.3) is 5.56 Å². The number of nitrogens with zero attached hydrogens (tertiary/aromatic N) is 5. The van der Waals surface area contributed by atoms with Crippen molar-refractivity contribution in [1.82, 2.24) is 18.9 Å². The van der Waals surface area contributed by atoms with Crippen LogP contribution in [-0.4, -0.2) is 69.5 Å². The van der Waals surface area contributed by atoms with Gasteiger partial charge < -0.3 is 14.7 Å². The lowest BCUT2D eigenvalue weighted by Crippen LogP contribution is -2.52. The van der Waals surface area contributed by atoms with E-state index in [1.54, 1.807) is 7.05 Å². The molecule has 0 spiro atoms. The number of piperazine rings is 1. The van der Waals surface area contributed by atoms with Crippen LogP contribution >= 0.6 is 0 Å². The Morgan fingerprint density at radius 3 is 2.19 bits per heavy atom. The van der Waals surface area contributed by atoms with Crippen molar-refractivity contribution in [1.29, 1.82) is 0 Å². The zero-order valence-electron chi connectivity index (χ0n) is 18.6. The number of hydrogen-bond acceptors (Lipinski definition) is 5. The lowest BCUT2D eigenvalue weighted by molar-refractivity contribution is -0.136. The molecule has 170 valence electrons. The minimum Gasteiger partial charge on any atom is -0.354 e. The van der Waals surface area contributed by atoms with Crippen molar-refractivity contribution < 1.29 is 9.59 Å². The van der Waals surface area contributed by atoms with E-state index in [1.165, 1.54) is 43.4 Å². The van der Waals surface area contributed by atoms with E-state index in [0.29, 0.717) is 51.0 Å². The van der Waals surface area contributed by atoms with Crippen molar-refractivity contribution in [3.05, 3.63) is 26.9 Å². The number of amides is 2. The third-order valence-corrected chi connectivity index (χ3v) is 7.19. The predicted octanol–water partition coefficient (Wildman–Crippen LogP) is 0.304. The molecular weight excluding hydrogens is 398 g/mol. The van der Waals surface area contributed by atoms with Gasteiger partial charge in [-0.05, 0) is 12.8 Å². The number of likely N-dealkylation sites (tertiary alicyclic amines) is 1. The molecule has 0 aromatic carbocycles. The van der Waals surface area contributed by atoms with Crippen molar-refractivity contribution in [2.24, 2.45) is 20.0 Å². The second-order valence-electron chi connectivity index (χ2n) is 9.15. The highest BCUT2D eigenvalue weighted by atomic mass is 16.2. The second kappa shape index (κ2) is 8.88. The Bertz CT molecular complexity index is 952. The topological polar surface area (TPSA) is 87.9 Å². The van der Waals surface area contributed by atoms with E-state index in [1.807, 2.05) is 14.7 Å². The van der Waals surface area contributed by atoms with E-state index in [2.05, 4.69) is 0 Å². The van der Waals surface area contributed by atoms with E-state index >= 15 is 0 Å². The van der Waals surface area contributed by atoms with Gasteiger partial charge in [0, 0.05) is 65.3 Å². The van der Waals surface area contributed by atoms with Gasteiger partial charge in [0.05, 0.1) is 5.92 Å². The van der Waals surface area contributed by atoms with Gasteiger partial charge >= 0.3 is 5.69 Å². The van der Waals surface area contributed by atoms with Crippen molar-refractivity contribution in [2.75, 3.05) is 37.6 Å². The molecule has 1 saturated carbocycles. The zero-order chi connectivity index (χ0) is 22.1. The molecule has 1 aliphatic carbocycles. The fraction of sp³-hybridized carbons (Fsp3) is 0.727. The number of hydrogen-bond donors (Lipinski definition) is 0. The molecule has 1 unspecified atom stereocenters. The monoisotopic (exact) mass is 431 g/mol. The number of aromatic nitrogens is 2. The molecule has 3 heterocycles. The molecule has 1 atom stereocenters. The van der Waals surface area contributed by atoms with Crippen LogP contribution in [0.5, 0.6) is 0 Å². The van der Waals surface area contributed by atoms with E-state index in [-0.39, 0.29) is 29.0 Å². The summed E-state index contributed by atoms with van der Waals surface area (Å²) in [5.74, 6) is 0.507. The predicted molar refractivity (Wildman–Crippen MR) is 117 cm³/mol. The minimum atomic E-state index is -0.357. The minimum absolute atomic E-state index is 0.0574. The largest absolute Gasteiger partial charge is 0.354 e. The van der Waals surface area contributed by atoms with Gasteiger partial charge in [-0.2, -0.15) is 0 Å². The van der Waals surface area contributed by atoms with Gasteiger partial charge in [-0.3, -0.25) is 23.5 Å². The normalized spacial score (nSPS) is 23.4. The first kappa shape index (κ1) is 21.6. The number of carbonyl (C=O) groups is 2. The highest BCUT2D eigenvalue weighted by molar-refractivity contribution is 5.89. The molecule has 2 amide bonds. The molecule has 2 aliphatic heterocycles.